The van der Waals surface area contributed by atoms with Gasteiger partial charge in [0.1, 0.15) is 0 Å². The molecule has 0 bridgehead atoms. The first-order chi connectivity index (χ1) is 15.1. The topological polar surface area (TPSA) is 66.5 Å². The third-order valence-corrected chi connectivity index (χ3v) is 6.80. The fourth-order valence-electron chi connectivity index (χ4n) is 3.14. The number of nitrogens with zero attached hydrogens (tertiary/aromatic N) is 1. The Bertz CT molecular complexity index is 1190. The predicted octanol–water partition coefficient (Wildman–Crippen LogP) is 5.24. The number of hydrogen-bond acceptors (Lipinski definition) is 3. The lowest BCUT2D eigenvalue weighted by molar-refractivity contribution is 0.0954. The van der Waals surface area contributed by atoms with Crippen LogP contribution in [0, 0.1) is 6.92 Å². The van der Waals surface area contributed by atoms with Crippen molar-refractivity contribution in [3.63, 3.8) is 0 Å². The van der Waals surface area contributed by atoms with Crippen molar-refractivity contribution >= 4 is 44.8 Å². The fraction of sp³-hybridized carbons (Fsp3) is 0.208. The normalized spacial score (nSPS) is 11.2. The zero-order valence-corrected chi connectivity index (χ0v) is 20.1. The number of carbonyl (C=O) groups is 1. The van der Waals surface area contributed by atoms with Crippen LogP contribution < -0.4 is 9.62 Å². The summed E-state index contributed by atoms with van der Waals surface area (Å²) in [6.45, 7) is 2.49. The van der Waals surface area contributed by atoms with E-state index in [4.69, 9.17) is 23.2 Å². The fourth-order valence-corrected chi connectivity index (χ4v) is 4.32. The van der Waals surface area contributed by atoms with Gasteiger partial charge in [0, 0.05) is 22.2 Å². The minimum Gasteiger partial charge on any atom is -0.352 e. The van der Waals surface area contributed by atoms with Crippen LogP contribution in [0.1, 0.15) is 27.0 Å². The predicted molar refractivity (Wildman–Crippen MR) is 131 cm³/mol. The van der Waals surface area contributed by atoms with E-state index in [-0.39, 0.29) is 12.5 Å². The second kappa shape index (κ2) is 10.4. The molecule has 168 valence electrons. The molecule has 3 rings (SSSR count). The summed E-state index contributed by atoms with van der Waals surface area (Å²) in [4.78, 5) is 12.4. The van der Waals surface area contributed by atoms with Gasteiger partial charge in [0.2, 0.25) is 10.0 Å². The molecule has 0 aliphatic heterocycles. The van der Waals surface area contributed by atoms with Gasteiger partial charge in [0.25, 0.3) is 5.91 Å². The Morgan fingerprint density at radius 3 is 2.16 bits per heavy atom. The van der Waals surface area contributed by atoms with Crippen LogP contribution in [0.5, 0.6) is 0 Å². The second-order valence-electron chi connectivity index (χ2n) is 7.53. The van der Waals surface area contributed by atoms with Gasteiger partial charge < -0.3 is 5.32 Å². The Balaban J connectivity index is 1.64. The Morgan fingerprint density at radius 1 is 0.938 bits per heavy atom. The summed E-state index contributed by atoms with van der Waals surface area (Å²) in [7, 11) is -3.53. The number of nitrogens with one attached hydrogen (secondary N) is 1. The molecule has 0 heterocycles. The molecular formula is C24H24Cl2N2O3S. The number of hydrogen-bond donors (Lipinski definition) is 1. The average molecular weight is 491 g/mol. The number of anilines is 1. The first-order valence-corrected chi connectivity index (χ1v) is 12.6. The third kappa shape index (κ3) is 6.48. The molecule has 0 saturated heterocycles. The zero-order chi connectivity index (χ0) is 23.3. The van der Waals surface area contributed by atoms with Crippen LogP contribution in [0.3, 0.4) is 0 Å². The summed E-state index contributed by atoms with van der Waals surface area (Å²) in [6.07, 6.45) is 1.85. The van der Waals surface area contributed by atoms with Crippen LogP contribution in [-0.4, -0.2) is 27.1 Å². The highest BCUT2D eigenvalue weighted by Crippen LogP contribution is 2.26. The minimum atomic E-state index is -3.53. The minimum absolute atomic E-state index is 0.136. The van der Waals surface area contributed by atoms with E-state index in [0.29, 0.717) is 34.3 Å². The van der Waals surface area contributed by atoms with Crippen molar-refractivity contribution in [3.8, 4) is 0 Å². The van der Waals surface area contributed by atoms with Gasteiger partial charge in [-0.2, -0.15) is 0 Å². The lowest BCUT2D eigenvalue weighted by Crippen LogP contribution is -2.29. The summed E-state index contributed by atoms with van der Waals surface area (Å²) in [5.74, 6) is -0.184. The Kier molecular flexibility index (Phi) is 7.82. The molecule has 32 heavy (non-hydrogen) atoms. The number of benzene rings is 3. The van der Waals surface area contributed by atoms with Crippen LogP contribution in [0.4, 0.5) is 5.69 Å². The van der Waals surface area contributed by atoms with E-state index >= 15 is 0 Å². The van der Waals surface area contributed by atoms with Gasteiger partial charge in [-0.05, 0) is 66.4 Å². The molecule has 3 aromatic rings. The van der Waals surface area contributed by atoms with Gasteiger partial charge in [0.15, 0.2) is 0 Å². The van der Waals surface area contributed by atoms with E-state index in [1.807, 2.05) is 31.2 Å². The molecule has 8 heteroatoms. The van der Waals surface area contributed by atoms with Gasteiger partial charge >= 0.3 is 0 Å². The van der Waals surface area contributed by atoms with Gasteiger partial charge in [-0.25, -0.2) is 8.42 Å². The third-order valence-electron chi connectivity index (χ3n) is 5.00. The summed E-state index contributed by atoms with van der Waals surface area (Å²) in [5.41, 5.74) is 3.71. The van der Waals surface area contributed by atoms with Crippen molar-refractivity contribution in [1.82, 2.24) is 5.32 Å². The molecule has 0 spiro atoms. The van der Waals surface area contributed by atoms with Crippen LogP contribution in [0.2, 0.25) is 10.0 Å². The smallest absolute Gasteiger partial charge is 0.251 e. The number of halogens is 2. The molecule has 0 saturated carbocycles. The zero-order valence-electron chi connectivity index (χ0n) is 17.8. The maximum absolute atomic E-state index is 12.4. The maximum Gasteiger partial charge on any atom is 0.251 e. The van der Waals surface area contributed by atoms with Crippen molar-refractivity contribution in [2.45, 2.75) is 19.9 Å². The molecule has 0 aromatic heterocycles. The number of amides is 1. The quantitative estimate of drug-likeness (QED) is 0.469. The van der Waals surface area contributed by atoms with E-state index in [2.05, 4.69) is 5.32 Å². The largest absolute Gasteiger partial charge is 0.352 e. The molecule has 0 aliphatic rings. The lowest BCUT2D eigenvalue weighted by atomic mass is 10.1. The van der Waals surface area contributed by atoms with E-state index in [9.17, 15) is 13.2 Å². The monoisotopic (exact) mass is 490 g/mol. The van der Waals surface area contributed by atoms with Crippen molar-refractivity contribution in [3.05, 3.63) is 99.0 Å². The molecule has 0 aliphatic carbocycles. The van der Waals surface area contributed by atoms with Gasteiger partial charge in [-0.3, -0.25) is 9.10 Å². The molecular weight excluding hydrogens is 467 g/mol. The molecule has 0 fully saturated rings. The molecule has 5 nitrogen and oxygen atoms in total. The van der Waals surface area contributed by atoms with Gasteiger partial charge in [-0.1, -0.05) is 53.5 Å². The van der Waals surface area contributed by atoms with E-state index in [0.717, 1.165) is 22.9 Å². The van der Waals surface area contributed by atoms with Crippen LogP contribution >= 0.6 is 23.2 Å². The summed E-state index contributed by atoms with van der Waals surface area (Å²) in [6, 6.07) is 19.5. The van der Waals surface area contributed by atoms with Crippen LogP contribution in [0.25, 0.3) is 0 Å². The van der Waals surface area contributed by atoms with Crippen LogP contribution in [-0.2, 0) is 23.0 Å². The van der Waals surface area contributed by atoms with E-state index < -0.39 is 10.0 Å². The Labute approximate surface area is 199 Å². The highest BCUT2D eigenvalue weighted by molar-refractivity contribution is 7.92. The van der Waals surface area contributed by atoms with Crippen molar-refractivity contribution in [2.24, 2.45) is 0 Å². The highest BCUT2D eigenvalue weighted by atomic mass is 35.5. The van der Waals surface area contributed by atoms with Gasteiger partial charge in [0.05, 0.1) is 18.5 Å². The van der Waals surface area contributed by atoms with E-state index in [1.54, 1.807) is 42.5 Å². The SMILES string of the molecule is Cc1ccc(N(Cc2ccc(C(=O)NCCc3ccc(Cl)cc3)cc2)S(C)(=O)=O)cc1Cl. The Morgan fingerprint density at radius 2 is 1.56 bits per heavy atom. The first-order valence-electron chi connectivity index (χ1n) is 9.99. The highest BCUT2D eigenvalue weighted by Gasteiger charge is 2.19. The average Bonchev–Trinajstić information content (AvgIpc) is 2.75. The van der Waals surface area contributed by atoms with Crippen molar-refractivity contribution < 1.29 is 13.2 Å². The number of aryl methyl sites for hydroxylation is 1. The second-order valence-corrected chi connectivity index (χ2v) is 10.3. The first kappa shape index (κ1) is 24.1. The molecule has 0 unspecified atom stereocenters. The number of carbonyl (C=O) groups excluding carboxylic acids is 1. The van der Waals surface area contributed by atoms with Crippen molar-refractivity contribution in [2.75, 3.05) is 17.1 Å². The molecule has 1 N–H and O–H groups in total. The molecule has 1 amide bonds. The number of rotatable bonds is 8. The summed E-state index contributed by atoms with van der Waals surface area (Å²) >= 11 is 12.1. The summed E-state index contributed by atoms with van der Waals surface area (Å²) < 4.78 is 26.0. The van der Waals surface area contributed by atoms with Crippen molar-refractivity contribution in [1.29, 1.82) is 0 Å². The van der Waals surface area contributed by atoms with Gasteiger partial charge in [-0.15, -0.1) is 0 Å². The Hall–Kier alpha value is -2.54. The summed E-state index contributed by atoms with van der Waals surface area (Å²) in [5, 5.41) is 4.07. The maximum atomic E-state index is 12.4. The van der Waals surface area contributed by atoms with Crippen LogP contribution in [0.15, 0.2) is 66.7 Å². The lowest BCUT2D eigenvalue weighted by Gasteiger charge is -2.23. The number of sulfonamides is 1. The molecule has 3 aromatic carbocycles. The molecule has 0 atom stereocenters. The molecule has 0 radical (unpaired) electrons. The standard InChI is InChI=1S/C24H24Cl2N2O3S/c1-17-3-12-22(15-23(17)26)28(32(2,30)31)16-19-4-8-20(9-5-19)24(29)27-14-13-18-6-10-21(25)11-7-18/h3-12,15H,13-14,16H2,1-2H3,(H,27,29). The van der Waals surface area contributed by atoms with E-state index in [1.165, 1.54) is 4.31 Å².